The van der Waals surface area contributed by atoms with Gasteiger partial charge in [-0.15, -0.1) is 17.8 Å². The number of carbonyl (C=O) groups is 6. The van der Waals surface area contributed by atoms with Crippen molar-refractivity contribution in [2.24, 2.45) is 20.6 Å². The number of nitrogens with one attached hydrogen (secondary N) is 3. The van der Waals surface area contributed by atoms with Gasteiger partial charge in [-0.3, -0.25) is 28.8 Å². The summed E-state index contributed by atoms with van der Waals surface area (Å²) in [6.45, 7) is 19.3. The molecule has 8 aromatic carbocycles. The van der Waals surface area contributed by atoms with Crippen LogP contribution in [0.2, 0.25) is 40.2 Å². The number of thiazole rings is 1. The lowest BCUT2D eigenvalue weighted by molar-refractivity contribution is -0.121. The molecule has 9 aromatic rings. The maximum Gasteiger partial charge on any atom is 0.251 e. The van der Waals surface area contributed by atoms with E-state index in [2.05, 4.69) is 47.5 Å². The SMILES string of the molecule is C#CCNC(=O)CCC(=O)c1ccc(C2=NOC(C)(c3cc(Cl)cc(Cl)c3)C2)cc1C.CCNC(=O)CCC(=O)c1ccc(C2=NOC(C)(c3cc(Cl)cc(Cl)c3)C2)cc1C.Cc1cc(C2=NOC(C)(c3cc(Cl)cc(Cl)c3)C2)ccc1C(=O)CCc1cscn1.Cc1cc(C2=NOC(C)(c3cc(Cl)cc(Cl)c3)C2)ccc1C(=O)N[C@@H]1CCOC1. The van der Waals surface area contributed by atoms with E-state index in [-0.39, 0.29) is 73.3 Å². The quantitative estimate of drug-likeness (QED) is 0.0378. The second-order valence-corrected chi connectivity index (χ2v) is 34.8. The second-order valence-electron chi connectivity index (χ2n) is 30.6. The molecule has 1 saturated heterocycles. The van der Waals surface area contributed by atoms with Crippen LogP contribution in [-0.4, -0.2) is 95.2 Å². The molecule has 5 aliphatic heterocycles. The van der Waals surface area contributed by atoms with Crippen LogP contribution in [-0.2, 0) is 62.5 Å². The van der Waals surface area contributed by atoms with Crippen LogP contribution in [0, 0.1) is 40.0 Å². The van der Waals surface area contributed by atoms with Gasteiger partial charge in [0.2, 0.25) is 11.8 Å². The average Bonchev–Trinajstić information content (AvgIpc) is 1.65. The minimum atomic E-state index is -0.683. The highest BCUT2D eigenvalue weighted by Crippen LogP contribution is 2.44. The third kappa shape index (κ3) is 23.6. The summed E-state index contributed by atoms with van der Waals surface area (Å²) in [6, 6.07) is 44.1. The second kappa shape index (κ2) is 40.5. The molecule has 3 amide bonds. The minimum absolute atomic E-state index is 0.0479. The molecule has 14 rings (SSSR count). The number of hydrogen-bond donors (Lipinski definition) is 3. The summed E-state index contributed by atoms with van der Waals surface area (Å²) in [6.07, 6.45) is 9.90. The van der Waals surface area contributed by atoms with E-state index in [0.29, 0.717) is 115 Å². The Morgan fingerprint density at radius 2 is 0.775 bits per heavy atom. The van der Waals surface area contributed by atoms with Crippen molar-refractivity contribution in [3.63, 3.8) is 0 Å². The lowest BCUT2D eigenvalue weighted by Crippen LogP contribution is -2.35. The van der Waals surface area contributed by atoms with Crippen molar-refractivity contribution < 1.29 is 52.9 Å². The number of ether oxygens (including phenoxy) is 1. The number of aryl methyl sites for hydroxylation is 5. The predicted molar refractivity (Wildman–Crippen MR) is 478 cm³/mol. The Morgan fingerprint density at radius 3 is 1.07 bits per heavy atom. The van der Waals surface area contributed by atoms with Crippen LogP contribution in [0.25, 0.3) is 0 Å². The first-order valence-corrected chi connectivity index (χ1v) is 42.7. The molecule has 1 aromatic heterocycles. The van der Waals surface area contributed by atoms with Gasteiger partial charge >= 0.3 is 0 Å². The standard InChI is InChI=1S/C24H22Cl2N2O3.C23H24Cl2N2O3.C23H20Cl2N2O2S.C22H22Cl2N2O3/c1-4-9-27-23(30)8-7-22(29)20-6-5-16(10-15(20)2)21-14-24(3,31-28-21)17-11-18(25)13-19(26)12-17;1-4-26-22(29)8-7-21(28)19-6-5-15(9-14(19)2)20-13-23(3,30-27-20)16-10-17(24)12-18(25)11-16;1-14-7-15(3-5-20(14)22(28)6-4-19-12-30-13-26-19)21-11-23(2,29-27-21)16-8-17(24)10-18(25)9-16;1-13-7-14(3-4-19(13)21(27)25-18-5-6-28-12-18)20-11-22(2,29-26-20)15-8-16(23)10-17(24)9-15/h1,5-6,10-13H,7-9,14H2,2-3H3,(H,27,30);5-6,9-12H,4,7-8,13H2,1-3H3,(H,26,29);3,5,7-10,12-13H,4,6,11H2,1-2H3;3-4,7-10,18H,5-6,11-12H2,1-2H3,(H,25,27)/t;;;18-,22?/m...1/s1. The molecule has 1 fully saturated rings. The van der Waals surface area contributed by atoms with Crippen LogP contribution in [0.5, 0.6) is 0 Å². The molecular formula is C92H88Cl8N8O11S. The fraction of sp³-hybridized carbons (Fsp3) is 0.315. The molecular weight excluding hydrogens is 1710 g/mol. The van der Waals surface area contributed by atoms with Gasteiger partial charge in [0.25, 0.3) is 5.91 Å². The van der Waals surface area contributed by atoms with E-state index in [9.17, 15) is 28.8 Å². The van der Waals surface area contributed by atoms with E-state index >= 15 is 0 Å². The smallest absolute Gasteiger partial charge is 0.251 e. The first-order chi connectivity index (χ1) is 57.1. The normalized spacial score (nSPS) is 19.2. The molecule has 0 bridgehead atoms. The van der Waals surface area contributed by atoms with Crippen LogP contribution >= 0.6 is 104 Å². The van der Waals surface area contributed by atoms with Gasteiger partial charge in [-0.2, -0.15) is 0 Å². The summed E-state index contributed by atoms with van der Waals surface area (Å²) in [5.41, 5.74) is 16.5. The van der Waals surface area contributed by atoms with Crippen LogP contribution in [0.4, 0.5) is 0 Å². The number of carbonyl (C=O) groups excluding carboxylic acids is 6. The number of aromatic nitrogens is 1. The molecule has 0 saturated carbocycles. The van der Waals surface area contributed by atoms with Crippen molar-refractivity contribution >= 4 is 162 Å². The topological polar surface area (TPSA) is 247 Å². The predicted octanol–water partition coefficient (Wildman–Crippen LogP) is 22.0. The van der Waals surface area contributed by atoms with Crippen molar-refractivity contribution in [3.8, 4) is 12.3 Å². The summed E-state index contributed by atoms with van der Waals surface area (Å²) in [7, 11) is 0. The molecule has 5 aliphatic rings. The molecule has 624 valence electrons. The Kier molecular flexibility index (Phi) is 30.8. The minimum Gasteiger partial charge on any atom is -0.384 e. The van der Waals surface area contributed by atoms with E-state index in [1.165, 1.54) is 0 Å². The summed E-state index contributed by atoms with van der Waals surface area (Å²) < 4.78 is 5.32. The molecule has 0 spiro atoms. The van der Waals surface area contributed by atoms with Gasteiger partial charge in [-0.1, -0.05) is 162 Å². The van der Waals surface area contributed by atoms with E-state index in [1.807, 2.05) is 177 Å². The molecule has 28 heteroatoms. The number of nitrogens with zero attached hydrogens (tertiary/aromatic N) is 5. The van der Waals surface area contributed by atoms with Crippen LogP contribution in [0.1, 0.15) is 213 Å². The number of hydrogen-bond acceptors (Lipinski definition) is 17. The Balaban J connectivity index is 0.000000157. The molecule has 6 heterocycles. The summed E-state index contributed by atoms with van der Waals surface area (Å²) in [4.78, 5) is 101. The summed E-state index contributed by atoms with van der Waals surface area (Å²) >= 11 is 50.7. The molecule has 0 radical (unpaired) electrons. The lowest BCUT2D eigenvalue weighted by Gasteiger charge is -2.22. The van der Waals surface area contributed by atoms with Crippen molar-refractivity contribution in [3.05, 3.63) is 291 Å². The molecule has 5 atom stereocenters. The zero-order valence-corrected chi connectivity index (χ0v) is 74.3. The van der Waals surface area contributed by atoms with Gasteiger partial charge in [-0.25, -0.2) is 4.98 Å². The Morgan fingerprint density at radius 1 is 0.450 bits per heavy atom. The number of rotatable bonds is 24. The van der Waals surface area contributed by atoms with E-state index < -0.39 is 22.4 Å². The Labute approximate surface area is 742 Å². The Hall–Kier alpha value is -9.47. The molecule has 4 unspecified atom stereocenters. The first-order valence-electron chi connectivity index (χ1n) is 38.7. The number of oxime groups is 4. The largest absolute Gasteiger partial charge is 0.384 e. The average molecular weight is 1800 g/mol. The summed E-state index contributed by atoms with van der Waals surface area (Å²) in [5, 5.41) is 31.8. The molecule has 19 nitrogen and oxygen atoms in total. The van der Waals surface area contributed by atoms with Crippen molar-refractivity contribution in [2.45, 2.75) is 161 Å². The molecule has 120 heavy (non-hydrogen) atoms. The van der Waals surface area contributed by atoms with E-state index in [4.69, 9.17) is 123 Å². The zero-order chi connectivity index (χ0) is 86.4. The highest BCUT2D eigenvalue weighted by molar-refractivity contribution is 7.07. The third-order valence-electron chi connectivity index (χ3n) is 21.0. The van der Waals surface area contributed by atoms with Crippen molar-refractivity contribution in [1.82, 2.24) is 20.9 Å². The molecule has 3 N–H and O–H groups in total. The van der Waals surface area contributed by atoms with Crippen molar-refractivity contribution in [1.29, 1.82) is 0 Å². The van der Waals surface area contributed by atoms with Gasteiger partial charge in [0, 0.05) is 161 Å². The van der Waals surface area contributed by atoms with Gasteiger partial charge in [0.1, 0.15) is 0 Å². The van der Waals surface area contributed by atoms with Crippen molar-refractivity contribution in [2.75, 3.05) is 26.3 Å². The van der Waals surface area contributed by atoms with Crippen LogP contribution < -0.4 is 16.0 Å². The highest BCUT2D eigenvalue weighted by atomic mass is 35.5. The summed E-state index contributed by atoms with van der Waals surface area (Å²) in [5.74, 6) is 1.88. The fourth-order valence-corrected chi connectivity index (χ4v) is 17.0. The Bertz CT molecular complexity index is 5510. The maximum atomic E-state index is 12.6. The number of terminal acetylenes is 1. The fourth-order valence-electron chi connectivity index (χ4n) is 14.3. The monoisotopic (exact) mass is 1790 g/mol. The lowest BCUT2D eigenvalue weighted by atomic mass is 9.88. The number of ketones is 3. The highest BCUT2D eigenvalue weighted by Gasteiger charge is 2.42. The van der Waals surface area contributed by atoms with Gasteiger partial charge in [0.15, 0.2) is 39.8 Å². The molecule has 0 aliphatic carbocycles. The van der Waals surface area contributed by atoms with E-state index in [0.717, 1.165) is 107 Å². The van der Waals surface area contributed by atoms with Crippen LogP contribution in [0.15, 0.2) is 177 Å². The first kappa shape index (κ1) is 91.3. The maximum absolute atomic E-state index is 12.6. The number of amides is 3. The number of benzene rings is 8. The number of halogens is 8. The number of Topliss-reactive ketones (excluding diaryl/α,β-unsaturated/α-hetero) is 3. The zero-order valence-electron chi connectivity index (χ0n) is 67.4. The van der Waals surface area contributed by atoms with Gasteiger partial charge in [-0.05, 0) is 223 Å². The third-order valence-corrected chi connectivity index (χ3v) is 23.4. The van der Waals surface area contributed by atoms with E-state index in [1.54, 1.807) is 53.2 Å². The van der Waals surface area contributed by atoms with Crippen LogP contribution in [0.3, 0.4) is 0 Å². The van der Waals surface area contributed by atoms with Gasteiger partial charge in [0.05, 0.1) is 53.2 Å². The van der Waals surface area contributed by atoms with Gasteiger partial charge < -0.3 is 40.0 Å².